The number of methoxy groups -OCH3 is 1. The molecule has 0 saturated carbocycles. The van der Waals surface area contributed by atoms with Crippen LogP contribution in [-0.4, -0.2) is 69.5 Å². The smallest absolute Gasteiger partial charge is 0.360 e. The molecule has 0 N–H and O–H groups in total. The van der Waals surface area contributed by atoms with Gasteiger partial charge in [0.05, 0.1) is 25.4 Å². The normalized spacial score (nSPS) is 23.1. The Balaban J connectivity index is 1.53. The molecule has 0 spiro atoms. The third-order valence-corrected chi connectivity index (χ3v) is 6.56. The van der Waals surface area contributed by atoms with E-state index in [9.17, 15) is 9.59 Å². The fourth-order valence-corrected chi connectivity index (χ4v) is 4.93. The highest BCUT2D eigenvalue weighted by atomic mass is 32.1. The second-order valence-corrected chi connectivity index (χ2v) is 8.56. The van der Waals surface area contributed by atoms with Gasteiger partial charge in [0.1, 0.15) is 0 Å². The summed E-state index contributed by atoms with van der Waals surface area (Å²) in [6.45, 7) is 3.14. The van der Waals surface area contributed by atoms with Crippen LogP contribution >= 0.6 is 11.3 Å². The Hall–Kier alpha value is -2.26. The zero-order valence-corrected chi connectivity index (χ0v) is 17.5. The van der Waals surface area contributed by atoms with Crippen molar-refractivity contribution in [3.8, 4) is 0 Å². The van der Waals surface area contributed by atoms with Crippen molar-refractivity contribution in [2.24, 2.45) is 0 Å². The van der Waals surface area contributed by atoms with Crippen molar-refractivity contribution < 1.29 is 14.3 Å². The molecule has 2 aliphatic heterocycles. The highest BCUT2D eigenvalue weighted by Gasteiger charge is 2.40. The summed E-state index contributed by atoms with van der Waals surface area (Å²) >= 11 is 1.67. The molecule has 0 bridgehead atoms. The number of nitrogens with zero attached hydrogens (tertiary/aromatic N) is 5. The van der Waals surface area contributed by atoms with Crippen molar-refractivity contribution in [2.45, 2.75) is 50.7 Å². The molecular formula is C20H27N5O3S. The lowest BCUT2D eigenvalue weighted by Gasteiger charge is -2.29. The number of aromatic nitrogens is 3. The summed E-state index contributed by atoms with van der Waals surface area (Å²) in [4.78, 5) is 29.4. The molecule has 0 radical (unpaired) electrons. The third kappa shape index (κ3) is 4.51. The largest absolute Gasteiger partial charge is 0.464 e. The Bertz CT molecular complexity index is 829. The summed E-state index contributed by atoms with van der Waals surface area (Å²) in [6, 6.07) is 1.93. The molecule has 156 valence electrons. The van der Waals surface area contributed by atoms with Crippen LogP contribution in [0, 0.1) is 0 Å². The molecule has 8 nitrogen and oxygen atoms in total. The van der Waals surface area contributed by atoms with Crippen LogP contribution < -0.4 is 0 Å². The lowest BCUT2D eigenvalue weighted by molar-refractivity contribution is -0.136. The van der Waals surface area contributed by atoms with Gasteiger partial charge in [-0.15, -0.1) is 5.10 Å². The fourth-order valence-electron chi connectivity index (χ4n) is 4.27. The average Bonchev–Trinajstić information content (AvgIpc) is 3.45. The first-order valence-electron chi connectivity index (χ1n) is 10.2. The quantitative estimate of drug-likeness (QED) is 0.695. The van der Waals surface area contributed by atoms with Crippen molar-refractivity contribution in [2.75, 3.05) is 26.7 Å². The Labute approximate surface area is 174 Å². The Morgan fingerprint density at radius 1 is 1.24 bits per heavy atom. The summed E-state index contributed by atoms with van der Waals surface area (Å²) in [7, 11) is 1.33. The van der Waals surface area contributed by atoms with Gasteiger partial charge in [-0.05, 0) is 41.7 Å². The number of hydrogen-bond acceptors (Lipinski definition) is 7. The molecule has 4 heterocycles. The predicted molar refractivity (Wildman–Crippen MR) is 109 cm³/mol. The molecule has 2 fully saturated rings. The maximum Gasteiger partial charge on any atom is 0.360 e. The molecule has 1 amide bonds. The van der Waals surface area contributed by atoms with Crippen LogP contribution in [0.3, 0.4) is 0 Å². The molecule has 0 aromatic carbocycles. The van der Waals surface area contributed by atoms with Crippen molar-refractivity contribution in [1.82, 2.24) is 24.8 Å². The molecule has 29 heavy (non-hydrogen) atoms. The highest BCUT2D eigenvalue weighted by molar-refractivity contribution is 7.07. The van der Waals surface area contributed by atoms with Crippen LogP contribution in [-0.2, 0) is 16.1 Å². The van der Waals surface area contributed by atoms with E-state index in [1.165, 1.54) is 25.5 Å². The molecule has 9 heteroatoms. The van der Waals surface area contributed by atoms with Crippen LogP contribution in [0.25, 0.3) is 0 Å². The number of hydrogen-bond donors (Lipinski definition) is 0. The van der Waals surface area contributed by atoms with E-state index in [4.69, 9.17) is 4.74 Å². The molecular weight excluding hydrogens is 390 g/mol. The number of ether oxygens (including phenoxy) is 1. The second-order valence-electron chi connectivity index (χ2n) is 7.78. The lowest BCUT2D eigenvalue weighted by atomic mass is 10.1. The van der Waals surface area contributed by atoms with E-state index in [1.807, 2.05) is 4.90 Å². The van der Waals surface area contributed by atoms with Gasteiger partial charge in [0.15, 0.2) is 5.69 Å². The minimum atomic E-state index is -0.499. The average molecular weight is 418 g/mol. The monoisotopic (exact) mass is 417 g/mol. The van der Waals surface area contributed by atoms with Gasteiger partial charge in [0.25, 0.3) is 0 Å². The maximum atomic E-state index is 13.4. The Morgan fingerprint density at radius 2 is 2.03 bits per heavy atom. The second kappa shape index (κ2) is 9.04. The number of carbonyl (C=O) groups excluding carboxylic acids is 2. The van der Waals surface area contributed by atoms with Gasteiger partial charge in [0, 0.05) is 26.2 Å². The van der Waals surface area contributed by atoms with Gasteiger partial charge in [-0.3, -0.25) is 9.69 Å². The van der Waals surface area contributed by atoms with E-state index < -0.39 is 5.97 Å². The zero-order valence-electron chi connectivity index (χ0n) is 16.7. The van der Waals surface area contributed by atoms with Gasteiger partial charge in [-0.2, -0.15) is 11.3 Å². The van der Waals surface area contributed by atoms with E-state index in [0.29, 0.717) is 13.0 Å². The van der Waals surface area contributed by atoms with Gasteiger partial charge < -0.3 is 9.64 Å². The third-order valence-electron chi connectivity index (χ3n) is 5.83. The topological polar surface area (TPSA) is 80.6 Å². The van der Waals surface area contributed by atoms with Gasteiger partial charge >= 0.3 is 5.97 Å². The van der Waals surface area contributed by atoms with E-state index in [-0.39, 0.29) is 23.7 Å². The van der Waals surface area contributed by atoms with Gasteiger partial charge in [-0.25, -0.2) is 9.48 Å². The maximum absolute atomic E-state index is 13.4. The number of esters is 1. The fraction of sp³-hybridized carbons (Fsp3) is 0.600. The number of amides is 1. The molecule has 2 saturated heterocycles. The molecule has 4 rings (SSSR count). The van der Waals surface area contributed by atoms with E-state index in [2.05, 4.69) is 32.0 Å². The van der Waals surface area contributed by atoms with E-state index >= 15 is 0 Å². The first-order valence-corrected chi connectivity index (χ1v) is 11.1. The summed E-state index contributed by atoms with van der Waals surface area (Å²) in [6.07, 6.45) is 6.85. The first-order chi connectivity index (χ1) is 14.2. The van der Waals surface area contributed by atoms with Crippen molar-refractivity contribution in [1.29, 1.82) is 0 Å². The van der Waals surface area contributed by atoms with E-state index in [0.717, 1.165) is 32.5 Å². The molecule has 2 atom stereocenters. The van der Waals surface area contributed by atoms with Gasteiger partial charge in [0.2, 0.25) is 5.91 Å². The molecule has 2 aromatic heterocycles. The standard InChI is InChI=1S/C20H27N5O3S/c1-28-20(27)17-13-25(22-21-17)16-10-18(19(26)23-7-4-2-3-5-8-23)24(12-16)11-15-6-9-29-14-15/h6,9,13-14,16,18H,2-5,7-8,10-12H2,1H3/t16-,18-/m0/s1. The molecule has 2 aliphatic rings. The highest BCUT2D eigenvalue weighted by Crippen LogP contribution is 2.30. The van der Waals surface area contributed by atoms with E-state index in [1.54, 1.807) is 22.2 Å². The van der Waals surface area contributed by atoms with Crippen molar-refractivity contribution in [3.63, 3.8) is 0 Å². The van der Waals surface area contributed by atoms with Crippen molar-refractivity contribution >= 4 is 23.2 Å². The molecule has 0 aliphatic carbocycles. The number of rotatable bonds is 5. The summed E-state index contributed by atoms with van der Waals surface area (Å²) in [5, 5.41) is 12.3. The summed E-state index contributed by atoms with van der Waals surface area (Å²) in [5.74, 6) is -0.278. The Kier molecular flexibility index (Phi) is 6.25. The number of carbonyl (C=O) groups is 2. The zero-order chi connectivity index (χ0) is 20.2. The molecule has 0 unspecified atom stereocenters. The minimum absolute atomic E-state index is 0.000435. The van der Waals surface area contributed by atoms with Crippen molar-refractivity contribution in [3.05, 3.63) is 34.3 Å². The van der Waals surface area contributed by atoms with Crippen LogP contribution in [0.1, 0.15) is 54.2 Å². The SMILES string of the molecule is COC(=O)c1cn([C@H]2C[C@@H](C(=O)N3CCCCCC3)N(Cc3ccsc3)C2)nn1. The number of thiophene rings is 1. The first kappa shape index (κ1) is 20.0. The van der Waals surface area contributed by atoms with Crippen LogP contribution in [0.5, 0.6) is 0 Å². The van der Waals surface area contributed by atoms with Crippen LogP contribution in [0.15, 0.2) is 23.0 Å². The summed E-state index contributed by atoms with van der Waals surface area (Å²) < 4.78 is 6.44. The van der Waals surface area contributed by atoms with Crippen LogP contribution in [0.4, 0.5) is 0 Å². The lowest BCUT2D eigenvalue weighted by Crippen LogP contribution is -2.45. The van der Waals surface area contributed by atoms with Crippen LogP contribution in [0.2, 0.25) is 0 Å². The predicted octanol–water partition coefficient (Wildman–Crippen LogP) is 2.34. The molecule has 2 aromatic rings. The summed E-state index contributed by atoms with van der Waals surface area (Å²) in [5.41, 5.74) is 1.41. The number of likely N-dealkylation sites (tertiary alicyclic amines) is 2. The minimum Gasteiger partial charge on any atom is -0.464 e. The van der Waals surface area contributed by atoms with Gasteiger partial charge in [-0.1, -0.05) is 18.1 Å². The Morgan fingerprint density at radius 3 is 2.72 bits per heavy atom.